The summed E-state index contributed by atoms with van der Waals surface area (Å²) >= 11 is 3.89. The molecule has 0 aromatic carbocycles. The van der Waals surface area contributed by atoms with Crippen molar-refractivity contribution >= 4 is 36.3 Å². The molecule has 10 nitrogen and oxygen atoms in total. The molecule has 0 saturated carbocycles. The third-order valence-electron chi connectivity index (χ3n) is 4.10. The lowest BCUT2D eigenvalue weighted by Gasteiger charge is -2.25. The van der Waals surface area contributed by atoms with Gasteiger partial charge in [-0.15, -0.1) is 0 Å². The van der Waals surface area contributed by atoms with Gasteiger partial charge >= 0.3 is 5.97 Å². The van der Waals surface area contributed by atoms with E-state index in [1.54, 1.807) is 13.8 Å². The molecular formula is C17H33N5O5S. The second-order valence-electron chi connectivity index (χ2n) is 6.93. The number of aliphatic carboxylic acids is 1. The average molecular weight is 420 g/mol. The van der Waals surface area contributed by atoms with Crippen molar-refractivity contribution in [1.29, 1.82) is 0 Å². The van der Waals surface area contributed by atoms with E-state index < -0.39 is 47.9 Å². The molecule has 0 bridgehead atoms. The van der Waals surface area contributed by atoms with E-state index in [4.69, 9.17) is 16.6 Å². The molecule has 0 aliphatic heterocycles. The predicted molar refractivity (Wildman–Crippen MR) is 109 cm³/mol. The Morgan fingerprint density at radius 1 is 0.964 bits per heavy atom. The van der Waals surface area contributed by atoms with Crippen LogP contribution in [0.15, 0.2) is 0 Å². The van der Waals surface area contributed by atoms with Crippen LogP contribution in [0.5, 0.6) is 0 Å². The fraction of sp³-hybridized carbons (Fsp3) is 0.765. The zero-order chi connectivity index (χ0) is 21.9. The minimum Gasteiger partial charge on any atom is -0.480 e. The molecule has 0 aromatic rings. The van der Waals surface area contributed by atoms with Crippen molar-refractivity contribution in [3.05, 3.63) is 0 Å². The number of rotatable bonds is 13. The highest BCUT2D eigenvalue weighted by Crippen LogP contribution is 2.04. The molecule has 11 heteroatoms. The van der Waals surface area contributed by atoms with Crippen LogP contribution >= 0.6 is 12.6 Å². The van der Waals surface area contributed by atoms with Crippen molar-refractivity contribution in [2.75, 3.05) is 12.3 Å². The van der Waals surface area contributed by atoms with Gasteiger partial charge in [-0.05, 0) is 32.2 Å². The van der Waals surface area contributed by atoms with Crippen LogP contribution in [0.3, 0.4) is 0 Å². The molecule has 0 fully saturated rings. The predicted octanol–water partition coefficient (Wildman–Crippen LogP) is -1.41. The van der Waals surface area contributed by atoms with Gasteiger partial charge in [-0.25, -0.2) is 4.79 Å². The molecule has 0 rings (SSSR count). The number of unbranched alkanes of at least 4 members (excludes halogenated alkanes) is 1. The van der Waals surface area contributed by atoms with Crippen LogP contribution in [0, 0.1) is 5.92 Å². The first-order chi connectivity index (χ1) is 13.0. The van der Waals surface area contributed by atoms with E-state index in [1.807, 2.05) is 0 Å². The van der Waals surface area contributed by atoms with Crippen LogP contribution in [0.2, 0.25) is 0 Å². The number of thiol groups is 1. The summed E-state index contributed by atoms with van der Waals surface area (Å²) in [5.74, 6) is -3.29. The molecule has 0 aliphatic carbocycles. The Labute approximate surface area is 171 Å². The van der Waals surface area contributed by atoms with Crippen LogP contribution in [0.4, 0.5) is 0 Å². The van der Waals surface area contributed by atoms with E-state index in [1.165, 1.54) is 6.92 Å². The number of carbonyl (C=O) groups is 4. The van der Waals surface area contributed by atoms with E-state index in [9.17, 15) is 19.2 Å². The molecule has 3 amide bonds. The summed E-state index contributed by atoms with van der Waals surface area (Å²) in [6, 6.07) is -3.80. The van der Waals surface area contributed by atoms with Gasteiger partial charge in [-0.2, -0.15) is 12.6 Å². The lowest BCUT2D eigenvalue weighted by molar-refractivity contribution is -0.142. The molecule has 0 saturated heterocycles. The Balaban J connectivity index is 4.80. The summed E-state index contributed by atoms with van der Waals surface area (Å²) in [6.07, 6.45) is 1.91. The number of amides is 3. The number of nitrogens with one attached hydrogen (secondary N) is 3. The van der Waals surface area contributed by atoms with Crippen LogP contribution < -0.4 is 27.4 Å². The Hall–Kier alpha value is -1.85. The van der Waals surface area contributed by atoms with Crippen molar-refractivity contribution in [2.24, 2.45) is 17.4 Å². The zero-order valence-electron chi connectivity index (χ0n) is 16.6. The summed E-state index contributed by atoms with van der Waals surface area (Å²) < 4.78 is 0. The number of hydrogen-bond donors (Lipinski definition) is 7. The van der Waals surface area contributed by atoms with Gasteiger partial charge in [0.1, 0.15) is 18.1 Å². The van der Waals surface area contributed by atoms with Gasteiger partial charge in [-0.1, -0.05) is 20.3 Å². The lowest BCUT2D eigenvalue weighted by Crippen LogP contribution is -2.58. The molecule has 28 heavy (non-hydrogen) atoms. The number of nitrogens with two attached hydrogens (primary N) is 2. The molecule has 162 valence electrons. The van der Waals surface area contributed by atoms with Gasteiger partial charge < -0.3 is 32.5 Å². The first-order valence-corrected chi connectivity index (χ1v) is 9.88. The first-order valence-electron chi connectivity index (χ1n) is 9.25. The van der Waals surface area contributed by atoms with Crippen LogP contribution in [-0.4, -0.2) is 65.3 Å². The normalized spacial score (nSPS) is 15.2. The number of carboxylic acids is 1. The molecule has 8 N–H and O–H groups in total. The van der Waals surface area contributed by atoms with Crippen molar-refractivity contribution in [2.45, 2.75) is 64.2 Å². The van der Waals surface area contributed by atoms with Crippen LogP contribution in [-0.2, 0) is 19.2 Å². The van der Waals surface area contributed by atoms with Gasteiger partial charge in [-0.3, -0.25) is 14.4 Å². The van der Waals surface area contributed by atoms with Gasteiger partial charge in [0.25, 0.3) is 0 Å². The third-order valence-corrected chi connectivity index (χ3v) is 4.47. The average Bonchev–Trinajstić information content (AvgIpc) is 2.62. The Morgan fingerprint density at radius 3 is 2.04 bits per heavy atom. The first kappa shape index (κ1) is 26.1. The van der Waals surface area contributed by atoms with E-state index in [-0.39, 0.29) is 11.7 Å². The fourth-order valence-corrected chi connectivity index (χ4v) is 2.53. The molecule has 0 aliphatic rings. The Morgan fingerprint density at radius 2 is 1.57 bits per heavy atom. The molecule has 0 radical (unpaired) electrons. The molecule has 0 spiro atoms. The van der Waals surface area contributed by atoms with Gasteiger partial charge in [0.05, 0.1) is 6.04 Å². The highest BCUT2D eigenvalue weighted by molar-refractivity contribution is 7.80. The lowest BCUT2D eigenvalue weighted by atomic mass is 10.0. The minimum absolute atomic E-state index is 0.0889. The second kappa shape index (κ2) is 13.3. The number of hydrogen-bond acceptors (Lipinski definition) is 7. The molecule has 0 aromatic heterocycles. The summed E-state index contributed by atoms with van der Waals surface area (Å²) in [7, 11) is 0. The maximum Gasteiger partial charge on any atom is 0.327 e. The second-order valence-corrected chi connectivity index (χ2v) is 7.30. The molecule has 0 heterocycles. The SMILES string of the molecule is CC(NC(=O)C(N)CCCCN)C(=O)NC(C(=O)NC(CS)C(=O)O)C(C)C. The molecular weight excluding hydrogens is 386 g/mol. The Bertz CT molecular complexity index is 546. The fourth-order valence-electron chi connectivity index (χ4n) is 2.29. The van der Waals surface area contributed by atoms with E-state index >= 15 is 0 Å². The minimum atomic E-state index is -1.22. The summed E-state index contributed by atoms with van der Waals surface area (Å²) in [5, 5.41) is 16.4. The maximum atomic E-state index is 12.4. The van der Waals surface area contributed by atoms with Crippen molar-refractivity contribution in [3.63, 3.8) is 0 Å². The summed E-state index contributed by atoms with van der Waals surface area (Å²) in [4.78, 5) is 47.8. The van der Waals surface area contributed by atoms with Crippen molar-refractivity contribution in [1.82, 2.24) is 16.0 Å². The zero-order valence-corrected chi connectivity index (χ0v) is 17.5. The smallest absolute Gasteiger partial charge is 0.327 e. The van der Waals surface area contributed by atoms with E-state index in [0.717, 1.165) is 6.42 Å². The highest BCUT2D eigenvalue weighted by atomic mass is 32.1. The largest absolute Gasteiger partial charge is 0.480 e. The van der Waals surface area contributed by atoms with Crippen LogP contribution in [0.25, 0.3) is 0 Å². The van der Waals surface area contributed by atoms with E-state index in [2.05, 4.69) is 28.6 Å². The van der Waals surface area contributed by atoms with Crippen LogP contribution in [0.1, 0.15) is 40.0 Å². The molecule has 4 atom stereocenters. The molecule has 4 unspecified atom stereocenters. The summed E-state index contributed by atoms with van der Waals surface area (Å²) in [6.45, 7) is 5.40. The number of carboxylic acid groups (broad SMARTS) is 1. The standard InChI is InChI=1S/C17H33N5O5S/c1-9(2)13(16(25)21-12(8-28)17(26)27)22-14(23)10(3)20-15(24)11(19)6-4-5-7-18/h9-13,28H,4-8,18-19H2,1-3H3,(H,20,24)(H,21,25)(H,22,23)(H,26,27). The topological polar surface area (TPSA) is 177 Å². The summed E-state index contributed by atoms with van der Waals surface area (Å²) in [5.41, 5.74) is 11.2. The third kappa shape index (κ3) is 9.38. The monoisotopic (exact) mass is 419 g/mol. The Kier molecular flexibility index (Phi) is 12.5. The quantitative estimate of drug-likeness (QED) is 0.142. The van der Waals surface area contributed by atoms with E-state index in [0.29, 0.717) is 19.4 Å². The number of carbonyl (C=O) groups excluding carboxylic acids is 3. The van der Waals surface area contributed by atoms with Gasteiger partial charge in [0, 0.05) is 5.75 Å². The van der Waals surface area contributed by atoms with Gasteiger partial charge in [0.2, 0.25) is 17.7 Å². The van der Waals surface area contributed by atoms with Crippen molar-refractivity contribution in [3.8, 4) is 0 Å². The van der Waals surface area contributed by atoms with Crippen molar-refractivity contribution < 1.29 is 24.3 Å². The highest BCUT2D eigenvalue weighted by Gasteiger charge is 2.30. The maximum absolute atomic E-state index is 12.4. The van der Waals surface area contributed by atoms with Gasteiger partial charge in [0.15, 0.2) is 0 Å².